The molecule has 0 unspecified atom stereocenters. The Hall–Kier alpha value is -3.20. The van der Waals surface area contributed by atoms with Crippen LogP contribution in [0.5, 0.6) is 0 Å². The van der Waals surface area contributed by atoms with Gasteiger partial charge in [-0.05, 0) is 48.9 Å². The fourth-order valence-corrected chi connectivity index (χ4v) is 6.02. The van der Waals surface area contributed by atoms with Crippen molar-refractivity contribution < 1.29 is 4.79 Å². The van der Waals surface area contributed by atoms with Crippen LogP contribution in [0.2, 0.25) is 0 Å². The number of fused-ring (bicyclic) bond motifs is 1. The maximum Gasteiger partial charge on any atom is 0.268 e. The van der Waals surface area contributed by atoms with E-state index in [0.717, 1.165) is 20.5 Å². The minimum atomic E-state index is -0.168. The number of aromatic nitrogens is 2. The summed E-state index contributed by atoms with van der Waals surface area (Å²) in [5.74, 6) is -0.0462. The van der Waals surface area contributed by atoms with Crippen molar-refractivity contribution in [2.75, 3.05) is 11.1 Å². The lowest BCUT2D eigenvalue weighted by molar-refractivity contribution is -0.113. The predicted molar refractivity (Wildman–Crippen MR) is 149 cm³/mol. The van der Waals surface area contributed by atoms with Crippen molar-refractivity contribution in [2.24, 2.45) is 0 Å². The lowest BCUT2D eigenvalue weighted by Crippen LogP contribution is -2.22. The van der Waals surface area contributed by atoms with Gasteiger partial charge in [-0.25, -0.2) is 4.98 Å². The molecular formula is C27H20BrN3O2S2. The molecule has 35 heavy (non-hydrogen) atoms. The summed E-state index contributed by atoms with van der Waals surface area (Å²) in [7, 11) is 0. The molecule has 0 fully saturated rings. The molecule has 0 atom stereocenters. The molecule has 3 aromatic carbocycles. The molecule has 174 valence electrons. The van der Waals surface area contributed by atoms with Gasteiger partial charge in [-0.2, -0.15) is 0 Å². The number of carbonyl (C=O) groups is 1. The third kappa shape index (κ3) is 4.96. The first-order chi connectivity index (χ1) is 17.0. The molecule has 1 amide bonds. The first-order valence-corrected chi connectivity index (χ1v) is 13.5. The van der Waals surface area contributed by atoms with Crippen LogP contribution >= 0.6 is 39.0 Å². The van der Waals surface area contributed by atoms with Crippen molar-refractivity contribution in [2.45, 2.75) is 12.1 Å². The molecule has 0 saturated carbocycles. The summed E-state index contributed by atoms with van der Waals surface area (Å²) in [5.41, 5.74) is 3.19. The number of para-hydroxylation sites is 1. The number of halogens is 1. The van der Waals surface area contributed by atoms with E-state index >= 15 is 0 Å². The van der Waals surface area contributed by atoms with Crippen molar-refractivity contribution >= 4 is 60.8 Å². The number of carbonyl (C=O) groups excluding carboxylic acids is 1. The summed E-state index contributed by atoms with van der Waals surface area (Å²) in [6, 6.07) is 26.7. The van der Waals surface area contributed by atoms with Crippen LogP contribution in [-0.4, -0.2) is 21.2 Å². The van der Waals surface area contributed by atoms with Crippen molar-refractivity contribution in [3.63, 3.8) is 0 Å². The fourth-order valence-electron chi connectivity index (χ4n) is 3.86. The molecule has 0 radical (unpaired) electrons. The zero-order valence-electron chi connectivity index (χ0n) is 18.7. The van der Waals surface area contributed by atoms with Gasteiger partial charge < -0.3 is 5.32 Å². The van der Waals surface area contributed by atoms with Gasteiger partial charge in [0.2, 0.25) is 5.91 Å². The molecule has 0 aliphatic heterocycles. The molecule has 0 aliphatic rings. The highest BCUT2D eigenvalue weighted by Gasteiger charge is 2.21. The highest BCUT2D eigenvalue weighted by molar-refractivity contribution is 9.10. The number of thioether (sulfide) groups is 1. The minimum absolute atomic E-state index is 0.122. The number of thiophene rings is 1. The maximum atomic E-state index is 13.9. The number of hydrogen-bond donors (Lipinski definition) is 1. The second-order valence-electron chi connectivity index (χ2n) is 7.79. The van der Waals surface area contributed by atoms with Crippen LogP contribution in [0.3, 0.4) is 0 Å². The summed E-state index contributed by atoms with van der Waals surface area (Å²) < 4.78 is 2.55. The van der Waals surface area contributed by atoms with Gasteiger partial charge in [-0.15, -0.1) is 11.3 Å². The van der Waals surface area contributed by atoms with Crippen molar-refractivity contribution in [3.05, 3.63) is 105 Å². The van der Waals surface area contributed by atoms with Crippen molar-refractivity contribution in [3.8, 4) is 16.8 Å². The van der Waals surface area contributed by atoms with E-state index in [-0.39, 0.29) is 17.2 Å². The van der Waals surface area contributed by atoms with Gasteiger partial charge in [0.1, 0.15) is 4.83 Å². The van der Waals surface area contributed by atoms with Crippen LogP contribution in [0.15, 0.2) is 99.4 Å². The normalized spacial score (nSPS) is 11.0. The van der Waals surface area contributed by atoms with Gasteiger partial charge in [0.25, 0.3) is 5.56 Å². The van der Waals surface area contributed by atoms with E-state index in [1.54, 1.807) is 4.57 Å². The van der Waals surface area contributed by atoms with Crippen LogP contribution in [0, 0.1) is 6.92 Å². The topological polar surface area (TPSA) is 64.0 Å². The molecule has 1 N–H and O–H groups in total. The zero-order valence-corrected chi connectivity index (χ0v) is 21.9. The Labute approximate surface area is 219 Å². The SMILES string of the molecule is Cc1sc2nc(SCC(=O)Nc3ccc(Br)cc3)n(-c3ccccc3)c(=O)c2c1-c1ccccc1. The number of aryl methyl sites for hydroxylation is 1. The average Bonchev–Trinajstić information content (AvgIpc) is 3.21. The largest absolute Gasteiger partial charge is 0.325 e. The molecule has 5 aromatic rings. The number of amides is 1. The van der Waals surface area contributed by atoms with E-state index in [2.05, 4.69) is 21.2 Å². The Morgan fingerprint density at radius 3 is 2.34 bits per heavy atom. The quantitative estimate of drug-likeness (QED) is 0.180. The summed E-state index contributed by atoms with van der Waals surface area (Å²) in [6.45, 7) is 2.01. The number of rotatable bonds is 6. The van der Waals surface area contributed by atoms with E-state index in [1.165, 1.54) is 23.1 Å². The smallest absolute Gasteiger partial charge is 0.268 e. The molecular weight excluding hydrogens is 542 g/mol. The highest BCUT2D eigenvalue weighted by atomic mass is 79.9. The van der Waals surface area contributed by atoms with Gasteiger partial charge in [0.05, 0.1) is 16.8 Å². The second kappa shape index (κ2) is 10.2. The maximum absolute atomic E-state index is 13.9. The third-order valence-electron chi connectivity index (χ3n) is 5.41. The van der Waals surface area contributed by atoms with Gasteiger partial charge in [0.15, 0.2) is 5.16 Å². The molecule has 0 bridgehead atoms. The average molecular weight is 563 g/mol. The number of hydrogen-bond acceptors (Lipinski definition) is 5. The molecule has 0 spiro atoms. The number of anilines is 1. The first kappa shape index (κ1) is 23.5. The van der Waals surface area contributed by atoms with Crippen LogP contribution in [0.1, 0.15) is 4.88 Å². The molecule has 2 heterocycles. The van der Waals surface area contributed by atoms with Gasteiger partial charge in [-0.3, -0.25) is 14.2 Å². The predicted octanol–water partition coefficient (Wildman–Crippen LogP) is 6.92. The Bertz CT molecular complexity index is 1560. The van der Waals surface area contributed by atoms with E-state index in [1.807, 2.05) is 91.9 Å². The Morgan fingerprint density at radius 2 is 1.66 bits per heavy atom. The van der Waals surface area contributed by atoms with E-state index in [4.69, 9.17) is 4.98 Å². The highest BCUT2D eigenvalue weighted by Crippen LogP contribution is 2.37. The van der Waals surface area contributed by atoms with Crippen molar-refractivity contribution in [1.82, 2.24) is 9.55 Å². The standard InChI is InChI=1S/C27H20BrN3O2S2/c1-17-23(18-8-4-2-5-9-18)24-25(35-17)30-27(31(26(24)33)21-10-6-3-7-11-21)34-16-22(32)29-20-14-12-19(28)13-15-20/h2-15H,16H2,1H3,(H,29,32). The lowest BCUT2D eigenvalue weighted by Gasteiger charge is -2.13. The van der Waals surface area contributed by atoms with Crippen LogP contribution in [-0.2, 0) is 4.79 Å². The summed E-state index contributed by atoms with van der Waals surface area (Å²) in [5, 5.41) is 3.98. The van der Waals surface area contributed by atoms with Gasteiger partial charge >= 0.3 is 0 Å². The van der Waals surface area contributed by atoms with Gasteiger partial charge in [-0.1, -0.05) is 76.2 Å². The molecule has 2 aromatic heterocycles. The molecule has 0 saturated heterocycles. The first-order valence-electron chi connectivity index (χ1n) is 10.9. The van der Waals surface area contributed by atoms with Crippen LogP contribution in [0.4, 0.5) is 5.69 Å². The third-order valence-corrected chi connectivity index (χ3v) is 7.87. The van der Waals surface area contributed by atoms with Crippen molar-refractivity contribution in [1.29, 1.82) is 0 Å². The fraction of sp³-hybridized carbons (Fsp3) is 0.0741. The van der Waals surface area contributed by atoms with E-state index < -0.39 is 0 Å². The van der Waals surface area contributed by atoms with E-state index in [0.29, 0.717) is 26.7 Å². The minimum Gasteiger partial charge on any atom is -0.325 e. The Morgan fingerprint density at radius 1 is 1.00 bits per heavy atom. The summed E-state index contributed by atoms with van der Waals surface area (Å²) in [6.07, 6.45) is 0. The lowest BCUT2D eigenvalue weighted by atomic mass is 10.0. The molecule has 5 nitrogen and oxygen atoms in total. The molecule has 8 heteroatoms. The summed E-state index contributed by atoms with van der Waals surface area (Å²) >= 11 is 6.15. The van der Waals surface area contributed by atoms with Crippen LogP contribution < -0.4 is 10.9 Å². The number of nitrogens with one attached hydrogen (secondary N) is 1. The zero-order chi connectivity index (χ0) is 24.4. The van der Waals surface area contributed by atoms with Crippen LogP contribution in [0.25, 0.3) is 27.0 Å². The number of benzene rings is 3. The number of nitrogens with zero attached hydrogens (tertiary/aromatic N) is 2. The van der Waals surface area contributed by atoms with Gasteiger partial charge in [0, 0.05) is 20.6 Å². The Balaban J connectivity index is 1.56. The monoisotopic (exact) mass is 561 g/mol. The van der Waals surface area contributed by atoms with E-state index in [9.17, 15) is 9.59 Å². The molecule has 5 rings (SSSR count). The Kier molecular flexibility index (Phi) is 6.86. The molecule has 0 aliphatic carbocycles. The summed E-state index contributed by atoms with van der Waals surface area (Å²) in [4.78, 5) is 33.2. The second-order valence-corrected chi connectivity index (χ2v) is 10.9.